The summed E-state index contributed by atoms with van der Waals surface area (Å²) in [6, 6.07) is 4.66. The molecule has 0 spiro atoms. The Morgan fingerprint density at radius 2 is 1.73 bits per heavy atom. The molecule has 1 amide bonds. The van der Waals surface area contributed by atoms with Gasteiger partial charge in [0.1, 0.15) is 0 Å². The van der Waals surface area contributed by atoms with Gasteiger partial charge in [-0.1, -0.05) is 33.8 Å². The highest BCUT2D eigenvalue weighted by atomic mass is 16.3. The Kier molecular flexibility index (Phi) is 5.49. The van der Waals surface area contributed by atoms with E-state index in [1.54, 1.807) is 6.07 Å². The number of hydrogen-bond donors (Lipinski definition) is 3. The number of nitrogens with one attached hydrogen (secondary N) is 1. The summed E-state index contributed by atoms with van der Waals surface area (Å²) in [5.74, 6) is -0.504. The molecular formula is C18H29NO3. The van der Waals surface area contributed by atoms with Crippen molar-refractivity contribution >= 4 is 5.91 Å². The first-order valence-corrected chi connectivity index (χ1v) is 7.72. The number of carbonyl (C=O) groups is 1. The van der Waals surface area contributed by atoms with Crippen molar-refractivity contribution in [3.05, 3.63) is 23.8 Å². The minimum atomic E-state index is -0.263. The van der Waals surface area contributed by atoms with E-state index in [0.717, 1.165) is 12.0 Å². The molecule has 1 rings (SSSR count). The molecule has 3 N–H and O–H groups in total. The maximum atomic E-state index is 12.4. The van der Waals surface area contributed by atoms with Gasteiger partial charge in [0, 0.05) is 11.5 Å². The van der Waals surface area contributed by atoms with Gasteiger partial charge in [-0.15, -0.1) is 0 Å². The molecule has 0 radical (unpaired) electrons. The van der Waals surface area contributed by atoms with Gasteiger partial charge in [-0.2, -0.15) is 0 Å². The maximum absolute atomic E-state index is 12.4. The fraction of sp³-hybridized carbons (Fsp3) is 0.611. The third-order valence-corrected chi connectivity index (χ3v) is 3.46. The van der Waals surface area contributed by atoms with Crippen molar-refractivity contribution in [2.75, 3.05) is 0 Å². The number of phenolic OH excluding ortho intramolecular Hbond substituents is 2. The fourth-order valence-electron chi connectivity index (χ4n) is 2.97. The largest absolute Gasteiger partial charge is 0.504 e. The van der Waals surface area contributed by atoms with Crippen molar-refractivity contribution in [3.63, 3.8) is 0 Å². The van der Waals surface area contributed by atoms with Crippen LogP contribution < -0.4 is 5.32 Å². The second-order valence-corrected chi connectivity index (χ2v) is 8.04. The number of carbonyl (C=O) groups excluding carboxylic acids is 1. The summed E-state index contributed by atoms with van der Waals surface area (Å²) in [7, 11) is 0. The van der Waals surface area contributed by atoms with Crippen LogP contribution in [0.2, 0.25) is 0 Å². The van der Waals surface area contributed by atoms with E-state index < -0.39 is 0 Å². The molecule has 0 saturated carbocycles. The standard InChI is InChI=1S/C18H29NO3/c1-12(9-13-7-8-14(20)15(21)10-13)16(22)19-18(5,6)11-17(2,3)4/h7-8,10,12,20-21H,9,11H2,1-6H3,(H,19,22). The van der Waals surface area contributed by atoms with Crippen molar-refractivity contribution in [3.8, 4) is 11.5 Å². The van der Waals surface area contributed by atoms with E-state index in [0.29, 0.717) is 6.42 Å². The third-order valence-electron chi connectivity index (χ3n) is 3.46. The molecule has 4 nitrogen and oxygen atoms in total. The van der Waals surface area contributed by atoms with E-state index in [1.165, 1.54) is 12.1 Å². The number of phenols is 2. The highest BCUT2D eigenvalue weighted by Gasteiger charge is 2.28. The number of amides is 1. The molecule has 0 aromatic heterocycles. The first-order valence-electron chi connectivity index (χ1n) is 7.72. The van der Waals surface area contributed by atoms with Crippen LogP contribution >= 0.6 is 0 Å². The molecule has 4 heteroatoms. The second-order valence-electron chi connectivity index (χ2n) is 8.04. The predicted octanol–water partition coefficient (Wildman–Crippen LogP) is 3.61. The van der Waals surface area contributed by atoms with Crippen LogP contribution in [0.4, 0.5) is 0 Å². The normalized spacial score (nSPS) is 13.7. The van der Waals surface area contributed by atoms with Crippen LogP contribution in [-0.4, -0.2) is 21.7 Å². The van der Waals surface area contributed by atoms with Crippen LogP contribution in [0.15, 0.2) is 18.2 Å². The Hall–Kier alpha value is -1.71. The van der Waals surface area contributed by atoms with Gasteiger partial charge >= 0.3 is 0 Å². The molecule has 0 saturated heterocycles. The number of rotatable bonds is 5. The van der Waals surface area contributed by atoms with Crippen molar-refractivity contribution in [2.45, 2.75) is 59.9 Å². The second kappa shape index (κ2) is 6.59. The van der Waals surface area contributed by atoms with Crippen LogP contribution in [-0.2, 0) is 11.2 Å². The average molecular weight is 307 g/mol. The molecule has 0 aliphatic carbocycles. The van der Waals surface area contributed by atoms with Crippen molar-refractivity contribution < 1.29 is 15.0 Å². The summed E-state index contributed by atoms with van der Waals surface area (Å²) >= 11 is 0. The fourth-order valence-corrected chi connectivity index (χ4v) is 2.97. The summed E-state index contributed by atoms with van der Waals surface area (Å²) < 4.78 is 0. The molecule has 1 unspecified atom stereocenters. The first kappa shape index (κ1) is 18.3. The van der Waals surface area contributed by atoms with E-state index >= 15 is 0 Å². The van der Waals surface area contributed by atoms with Gasteiger partial charge in [0.2, 0.25) is 5.91 Å². The van der Waals surface area contributed by atoms with Crippen molar-refractivity contribution in [1.82, 2.24) is 5.32 Å². The van der Waals surface area contributed by atoms with Crippen LogP contribution in [0.25, 0.3) is 0 Å². The Morgan fingerprint density at radius 3 is 2.23 bits per heavy atom. The van der Waals surface area contributed by atoms with Gasteiger partial charge in [0.15, 0.2) is 11.5 Å². The zero-order chi connectivity index (χ0) is 17.1. The predicted molar refractivity (Wildman–Crippen MR) is 88.9 cm³/mol. The molecule has 0 bridgehead atoms. The summed E-state index contributed by atoms with van der Waals surface area (Å²) in [5.41, 5.74) is 0.704. The molecule has 1 atom stereocenters. The van der Waals surface area contributed by atoms with E-state index in [2.05, 4.69) is 26.1 Å². The Morgan fingerprint density at radius 1 is 1.14 bits per heavy atom. The summed E-state index contributed by atoms with van der Waals surface area (Å²) in [4.78, 5) is 12.4. The van der Waals surface area contributed by atoms with Gasteiger partial charge in [-0.3, -0.25) is 4.79 Å². The maximum Gasteiger partial charge on any atom is 0.223 e. The summed E-state index contributed by atoms with van der Waals surface area (Å²) in [6.45, 7) is 12.4. The molecule has 22 heavy (non-hydrogen) atoms. The van der Waals surface area contributed by atoms with Crippen LogP contribution in [0, 0.1) is 11.3 Å². The van der Waals surface area contributed by atoms with Crippen molar-refractivity contribution in [1.29, 1.82) is 0 Å². The molecule has 124 valence electrons. The van der Waals surface area contributed by atoms with E-state index in [-0.39, 0.29) is 34.3 Å². The lowest BCUT2D eigenvalue weighted by atomic mass is 9.81. The van der Waals surface area contributed by atoms with Gasteiger partial charge in [-0.05, 0) is 49.8 Å². The molecular weight excluding hydrogens is 278 g/mol. The number of hydrogen-bond acceptors (Lipinski definition) is 3. The third kappa shape index (κ3) is 5.96. The zero-order valence-corrected chi connectivity index (χ0v) is 14.5. The molecule has 0 heterocycles. The van der Waals surface area contributed by atoms with Crippen LogP contribution in [0.3, 0.4) is 0 Å². The van der Waals surface area contributed by atoms with Crippen molar-refractivity contribution in [2.24, 2.45) is 11.3 Å². The monoisotopic (exact) mass is 307 g/mol. The van der Waals surface area contributed by atoms with Gasteiger partial charge in [-0.25, -0.2) is 0 Å². The molecule has 1 aromatic rings. The lowest BCUT2D eigenvalue weighted by Gasteiger charge is -2.34. The smallest absolute Gasteiger partial charge is 0.223 e. The van der Waals surface area contributed by atoms with Crippen LogP contribution in [0.5, 0.6) is 11.5 Å². The lowest BCUT2D eigenvalue weighted by Crippen LogP contribution is -2.48. The quantitative estimate of drug-likeness (QED) is 0.728. The molecule has 0 fully saturated rings. The highest BCUT2D eigenvalue weighted by molar-refractivity contribution is 5.79. The number of aromatic hydroxyl groups is 2. The van der Waals surface area contributed by atoms with Crippen LogP contribution in [0.1, 0.15) is 53.5 Å². The topological polar surface area (TPSA) is 69.6 Å². The number of benzene rings is 1. The highest BCUT2D eigenvalue weighted by Crippen LogP contribution is 2.28. The molecule has 1 aromatic carbocycles. The Balaban J connectivity index is 2.67. The van der Waals surface area contributed by atoms with Gasteiger partial charge in [0.25, 0.3) is 0 Å². The SMILES string of the molecule is CC(Cc1ccc(O)c(O)c1)C(=O)NC(C)(C)CC(C)(C)C. The van der Waals surface area contributed by atoms with E-state index in [4.69, 9.17) is 0 Å². The molecule has 0 aliphatic rings. The van der Waals surface area contributed by atoms with Gasteiger partial charge < -0.3 is 15.5 Å². The lowest BCUT2D eigenvalue weighted by molar-refractivity contribution is -0.126. The first-order chi connectivity index (χ1) is 9.89. The van der Waals surface area contributed by atoms with E-state index in [1.807, 2.05) is 20.8 Å². The average Bonchev–Trinajstić information content (AvgIpc) is 2.30. The van der Waals surface area contributed by atoms with Gasteiger partial charge in [0.05, 0.1) is 0 Å². The Labute approximate surface area is 133 Å². The minimum Gasteiger partial charge on any atom is -0.504 e. The molecule has 0 aliphatic heterocycles. The summed E-state index contributed by atoms with van der Waals surface area (Å²) in [5, 5.41) is 21.9. The minimum absolute atomic E-state index is 0.00168. The van der Waals surface area contributed by atoms with E-state index in [9.17, 15) is 15.0 Å². The summed E-state index contributed by atoms with van der Waals surface area (Å²) in [6.07, 6.45) is 1.41. The Bertz CT molecular complexity index is 530. The zero-order valence-electron chi connectivity index (χ0n) is 14.5.